The Morgan fingerprint density at radius 2 is 1.93 bits per heavy atom. The highest BCUT2D eigenvalue weighted by molar-refractivity contribution is 5.75. The first-order valence-electron chi connectivity index (χ1n) is 5.57. The minimum atomic E-state index is -0.0972. The number of carbonyl (C=O) groups is 2. The zero-order valence-corrected chi connectivity index (χ0v) is 9.49. The highest BCUT2D eigenvalue weighted by Gasteiger charge is 2.26. The molecule has 86 valence electrons. The Hall–Kier alpha value is -1.06. The Morgan fingerprint density at radius 3 is 2.40 bits per heavy atom. The highest BCUT2D eigenvalue weighted by atomic mass is 16.5. The summed E-state index contributed by atoms with van der Waals surface area (Å²) in [6.07, 6.45) is 2.34. The van der Waals surface area contributed by atoms with Crippen LogP contribution >= 0.6 is 0 Å². The lowest BCUT2D eigenvalue weighted by Gasteiger charge is -2.29. The fourth-order valence-corrected chi connectivity index (χ4v) is 1.75. The van der Waals surface area contributed by atoms with Gasteiger partial charge in [0.25, 0.3) is 0 Å². The van der Waals surface area contributed by atoms with Gasteiger partial charge in [0.1, 0.15) is 0 Å². The number of likely N-dealkylation sites (tertiary alicyclic amines) is 1. The maximum absolute atomic E-state index is 11.5. The minimum absolute atomic E-state index is 0.00727. The molecule has 15 heavy (non-hydrogen) atoms. The zero-order chi connectivity index (χ0) is 11.3. The van der Waals surface area contributed by atoms with Crippen molar-refractivity contribution in [3.05, 3.63) is 0 Å². The Kier molecular flexibility index (Phi) is 4.59. The molecule has 0 aliphatic carbocycles. The molecule has 0 bridgehead atoms. The summed E-state index contributed by atoms with van der Waals surface area (Å²) in [6.45, 7) is 5.41. The third kappa shape index (κ3) is 3.53. The van der Waals surface area contributed by atoms with Crippen molar-refractivity contribution < 1.29 is 14.3 Å². The molecule has 1 rings (SSSR count). The van der Waals surface area contributed by atoms with Crippen LogP contribution in [-0.4, -0.2) is 36.5 Å². The van der Waals surface area contributed by atoms with E-state index < -0.39 is 0 Å². The molecule has 0 saturated carbocycles. The van der Waals surface area contributed by atoms with Crippen molar-refractivity contribution in [2.75, 3.05) is 19.7 Å². The number of carbonyl (C=O) groups excluding carboxylic acids is 2. The van der Waals surface area contributed by atoms with E-state index in [9.17, 15) is 9.59 Å². The number of esters is 1. The molecule has 0 aromatic rings. The average molecular weight is 213 g/mol. The van der Waals surface area contributed by atoms with Gasteiger partial charge in [-0.05, 0) is 19.3 Å². The number of amides is 1. The molecular formula is C11H19NO3. The summed E-state index contributed by atoms with van der Waals surface area (Å²) >= 11 is 0. The molecule has 1 saturated heterocycles. The van der Waals surface area contributed by atoms with Gasteiger partial charge in [0.15, 0.2) is 0 Å². The molecule has 0 atom stereocenters. The van der Waals surface area contributed by atoms with Crippen LogP contribution in [0.3, 0.4) is 0 Å². The molecule has 1 aliphatic heterocycles. The monoisotopic (exact) mass is 213 g/mol. The number of nitrogens with zero attached hydrogens (tertiary/aromatic N) is 1. The van der Waals surface area contributed by atoms with E-state index in [1.54, 1.807) is 11.8 Å². The molecule has 0 aromatic heterocycles. The predicted molar refractivity (Wildman–Crippen MR) is 56.2 cm³/mol. The van der Waals surface area contributed by atoms with Gasteiger partial charge in [-0.2, -0.15) is 0 Å². The third-order valence-electron chi connectivity index (χ3n) is 2.72. The molecule has 4 heteroatoms. The van der Waals surface area contributed by atoms with Gasteiger partial charge < -0.3 is 9.64 Å². The van der Waals surface area contributed by atoms with Gasteiger partial charge in [0.2, 0.25) is 5.91 Å². The van der Waals surface area contributed by atoms with E-state index in [2.05, 4.69) is 0 Å². The Morgan fingerprint density at radius 1 is 1.33 bits per heavy atom. The molecule has 1 amide bonds. The van der Waals surface area contributed by atoms with Gasteiger partial charge >= 0.3 is 5.97 Å². The molecule has 1 fully saturated rings. The second-order valence-corrected chi connectivity index (χ2v) is 3.95. The quantitative estimate of drug-likeness (QED) is 0.662. The first kappa shape index (κ1) is 12.0. The molecule has 1 aliphatic rings. The molecule has 0 spiro atoms. The summed E-state index contributed by atoms with van der Waals surface area (Å²) in [5, 5.41) is 0. The van der Waals surface area contributed by atoms with Crippen molar-refractivity contribution in [2.45, 2.75) is 33.1 Å². The SMILES string of the molecule is CCCOC(=O)C1CCN(C(C)=O)CC1. The smallest absolute Gasteiger partial charge is 0.309 e. The molecule has 0 radical (unpaired) electrons. The van der Waals surface area contributed by atoms with Crippen molar-refractivity contribution in [2.24, 2.45) is 5.92 Å². The van der Waals surface area contributed by atoms with Crippen LogP contribution in [0.2, 0.25) is 0 Å². The average Bonchev–Trinajstić information content (AvgIpc) is 2.26. The van der Waals surface area contributed by atoms with Crippen LogP contribution in [0.4, 0.5) is 0 Å². The first-order chi connectivity index (χ1) is 7.15. The number of piperidine rings is 1. The van der Waals surface area contributed by atoms with Crippen LogP contribution in [-0.2, 0) is 14.3 Å². The largest absolute Gasteiger partial charge is 0.465 e. The van der Waals surface area contributed by atoms with Crippen LogP contribution in [0.15, 0.2) is 0 Å². The van der Waals surface area contributed by atoms with E-state index in [1.165, 1.54) is 0 Å². The van der Waals surface area contributed by atoms with Crippen LogP contribution in [0.1, 0.15) is 33.1 Å². The maximum Gasteiger partial charge on any atom is 0.309 e. The summed E-state index contributed by atoms with van der Waals surface area (Å²) in [4.78, 5) is 24.3. The van der Waals surface area contributed by atoms with Crippen molar-refractivity contribution in [1.29, 1.82) is 0 Å². The van der Waals surface area contributed by atoms with Crippen LogP contribution in [0, 0.1) is 5.92 Å². The summed E-state index contributed by atoms with van der Waals surface area (Å²) in [7, 11) is 0. The van der Waals surface area contributed by atoms with Crippen LogP contribution in [0.5, 0.6) is 0 Å². The van der Waals surface area contributed by atoms with Crippen molar-refractivity contribution >= 4 is 11.9 Å². The Balaban J connectivity index is 2.30. The third-order valence-corrected chi connectivity index (χ3v) is 2.72. The lowest BCUT2D eigenvalue weighted by Crippen LogP contribution is -2.39. The van der Waals surface area contributed by atoms with Crippen molar-refractivity contribution in [3.63, 3.8) is 0 Å². The van der Waals surface area contributed by atoms with E-state index >= 15 is 0 Å². The molecule has 4 nitrogen and oxygen atoms in total. The first-order valence-corrected chi connectivity index (χ1v) is 5.57. The van der Waals surface area contributed by atoms with Gasteiger partial charge in [-0.25, -0.2) is 0 Å². The second-order valence-electron chi connectivity index (χ2n) is 3.95. The standard InChI is InChI=1S/C11H19NO3/c1-3-8-15-11(14)10-4-6-12(7-5-10)9(2)13/h10H,3-8H2,1-2H3. The van der Waals surface area contributed by atoms with Gasteiger partial charge in [0, 0.05) is 20.0 Å². The van der Waals surface area contributed by atoms with Crippen LogP contribution < -0.4 is 0 Å². The molecule has 0 N–H and O–H groups in total. The molecule has 1 heterocycles. The lowest BCUT2D eigenvalue weighted by molar-refractivity contribution is -0.151. The van der Waals surface area contributed by atoms with Crippen molar-refractivity contribution in [3.8, 4) is 0 Å². The molecule has 0 unspecified atom stereocenters. The minimum Gasteiger partial charge on any atom is -0.465 e. The lowest BCUT2D eigenvalue weighted by atomic mass is 9.97. The molecule has 0 aromatic carbocycles. The zero-order valence-electron chi connectivity index (χ0n) is 9.49. The maximum atomic E-state index is 11.5. The predicted octanol–water partition coefficient (Wildman–Crippen LogP) is 1.20. The van der Waals surface area contributed by atoms with Gasteiger partial charge in [-0.3, -0.25) is 9.59 Å². The fraction of sp³-hybridized carbons (Fsp3) is 0.818. The van der Waals surface area contributed by atoms with Gasteiger partial charge in [0.05, 0.1) is 12.5 Å². The summed E-state index contributed by atoms with van der Waals surface area (Å²) in [5.41, 5.74) is 0. The number of rotatable bonds is 3. The number of ether oxygens (including phenoxy) is 1. The normalized spacial score (nSPS) is 17.6. The Bertz CT molecular complexity index is 232. The number of hydrogen-bond donors (Lipinski definition) is 0. The Labute approximate surface area is 90.6 Å². The highest BCUT2D eigenvalue weighted by Crippen LogP contribution is 2.18. The van der Waals surface area contributed by atoms with E-state index in [4.69, 9.17) is 4.74 Å². The summed E-state index contributed by atoms with van der Waals surface area (Å²) < 4.78 is 5.08. The van der Waals surface area contributed by atoms with E-state index in [1.807, 2.05) is 6.92 Å². The molecular weight excluding hydrogens is 194 g/mol. The van der Waals surface area contributed by atoms with Gasteiger partial charge in [-0.1, -0.05) is 6.92 Å². The van der Waals surface area contributed by atoms with Gasteiger partial charge in [-0.15, -0.1) is 0 Å². The van der Waals surface area contributed by atoms with E-state index in [-0.39, 0.29) is 17.8 Å². The summed E-state index contributed by atoms with van der Waals surface area (Å²) in [5.74, 6) is -0.0115. The fourth-order valence-electron chi connectivity index (χ4n) is 1.75. The second kappa shape index (κ2) is 5.73. The van der Waals surface area contributed by atoms with Crippen molar-refractivity contribution in [1.82, 2.24) is 4.90 Å². The number of hydrogen-bond acceptors (Lipinski definition) is 3. The van der Waals surface area contributed by atoms with Crippen LogP contribution in [0.25, 0.3) is 0 Å². The van der Waals surface area contributed by atoms with E-state index in [0.717, 1.165) is 19.3 Å². The topological polar surface area (TPSA) is 46.6 Å². The summed E-state index contributed by atoms with van der Waals surface area (Å²) in [6, 6.07) is 0. The van der Waals surface area contributed by atoms with E-state index in [0.29, 0.717) is 19.7 Å².